The zero-order valence-corrected chi connectivity index (χ0v) is 9.70. The summed E-state index contributed by atoms with van der Waals surface area (Å²) in [6, 6.07) is 2.39. The van der Waals surface area contributed by atoms with Crippen LogP contribution in [0.25, 0.3) is 0 Å². The predicted octanol–water partition coefficient (Wildman–Crippen LogP) is 0.456. The monoisotopic (exact) mass is 211 g/mol. The molecule has 2 atom stereocenters. The molecule has 0 bridgehead atoms. The molecule has 1 aliphatic heterocycles. The third kappa shape index (κ3) is 3.78. The Morgan fingerprint density at radius 1 is 1.47 bits per heavy atom. The summed E-state index contributed by atoms with van der Waals surface area (Å²) in [4.78, 5) is 2.27. The van der Waals surface area contributed by atoms with Crippen LogP contribution in [0.3, 0.4) is 0 Å². The molecule has 0 aliphatic carbocycles. The van der Waals surface area contributed by atoms with Gasteiger partial charge in [-0.1, -0.05) is 6.92 Å². The summed E-state index contributed by atoms with van der Waals surface area (Å²) < 4.78 is 5.12. The number of rotatable bonds is 4. The van der Waals surface area contributed by atoms with E-state index in [1.807, 2.05) is 0 Å². The van der Waals surface area contributed by atoms with E-state index in [0.29, 0.717) is 6.61 Å². The molecule has 4 nitrogen and oxygen atoms in total. The lowest BCUT2D eigenvalue weighted by Gasteiger charge is -2.29. The average Bonchev–Trinajstić information content (AvgIpc) is 2.48. The highest BCUT2D eigenvalue weighted by Crippen LogP contribution is 2.12. The molecule has 1 rings (SSSR count). The molecule has 1 fully saturated rings. The molecule has 0 aromatic rings. The molecule has 4 heteroatoms. The highest BCUT2D eigenvalue weighted by molar-refractivity contribution is 4.96. The first-order chi connectivity index (χ1) is 7.29. The van der Waals surface area contributed by atoms with Gasteiger partial charge in [0.15, 0.2) is 0 Å². The van der Waals surface area contributed by atoms with Gasteiger partial charge < -0.3 is 10.1 Å². The van der Waals surface area contributed by atoms with Crippen LogP contribution >= 0.6 is 0 Å². The lowest BCUT2D eigenvalue weighted by Crippen LogP contribution is -2.42. The smallest absolute Gasteiger partial charge is 0.103 e. The van der Waals surface area contributed by atoms with Gasteiger partial charge in [0.25, 0.3) is 0 Å². The van der Waals surface area contributed by atoms with Crippen molar-refractivity contribution in [3.05, 3.63) is 0 Å². The third-order valence-electron chi connectivity index (χ3n) is 2.87. The van der Waals surface area contributed by atoms with Gasteiger partial charge in [0.2, 0.25) is 0 Å². The predicted molar refractivity (Wildman–Crippen MR) is 59.5 cm³/mol. The van der Waals surface area contributed by atoms with Gasteiger partial charge in [0, 0.05) is 32.7 Å². The van der Waals surface area contributed by atoms with E-state index in [1.54, 1.807) is 7.11 Å². The zero-order chi connectivity index (χ0) is 11.1. The minimum atomic E-state index is -0.00940. The van der Waals surface area contributed by atoms with Crippen molar-refractivity contribution in [2.75, 3.05) is 39.9 Å². The Hall–Kier alpha value is -0.630. The van der Waals surface area contributed by atoms with Crippen LogP contribution in [0.2, 0.25) is 0 Å². The Morgan fingerprint density at radius 2 is 2.27 bits per heavy atom. The number of hydrogen-bond donors (Lipinski definition) is 1. The molecule has 1 saturated heterocycles. The van der Waals surface area contributed by atoms with E-state index in [0.717, 1.165) is 32.6 Å². The third-order valence-corrected chi connectivity index (χ3v) is 2.87. The molecular weight excluding hydrogens is 190 g/mol. The van der Waals surface area contributed by atoms with Gasteiger partial charge in [0.05, 0.1) is 12.7 Å². The fourth-order valence-electron chi connectivity index (χ4n) is 2.07. The van der Waals surface area contributed by atoms with Gasteiger partial charge >= 0.3 is 0 Å². The van der Waals surface area contributed by atoms with E-state index >= 15 is 0 Å². The maximum atomic E-state index is 9.20. The first kappa shape index (κ1) is 12.4. The Bertz CT molecular complexity index is 206. The summed E-state index contributed by atoms with van der Waals surface area (Å²) in [5, 5.41) is 12.5. The molecule has 0 saturated carbocycles. The topological polar surface area (TPSA) is 48.3 Å². The molecule has 0 spiro atoms. The minimum Gasteiger partial charge on any atom is -0.384 e. The molecule has 2 unspecified atom stereocenters. The Kier molecular flexibility index (Phi) is 5.62. The second-order valence-corrected chi connectivity index (χ2v) is 4.15. The molecule has 86 valence electrons. The Labute approximate surface area is 92.2 Å². The van der Waals surface area contributed by atoms with Gasteiger partial charge in [-0.3, -0.25) is 4.90 Å². The van der Waals surface area contributed by atoms with Crippen LogP contribution in [0.5, 0.6) is 0 Å². The number of nitrogens with zero attached hydrogens (tertiary/aromatic N) is 2. The fourth-order valence-corrected chi connectivity index (χ4v) is 2.07. The summed E-state index contributed by atoms with van der Waals surface area (Å²) in [5.74, 6) is 0.276. The minimum absolute atomic E-state index is 0.00940. The van der Waals surface area contributed by atoms with E-state index in [4.69, 9.17) is 4.74 Å². The van der Waals surface area contributed by atoms with E-state index in [-0.39, 0.29) is 12.0 Å². The lowest BCUT2D eigenvalue weighted by molar-refractivity contribution is 0.108. The van der Waals surface area contributed by atoms with Crippen LogP contribution in [-0.4, -0.2) is 50.8 Å². The first-order valence-corrected chi connectivity index (χ1v) is 5.63. The summed E-state index contributed by atoms with van der Waals surface area (Å²) in [5.41, 5.74) is 0. The molecule has 0 aromatic carbocycles. The van der Waals surface area contributed by atoms with Gasteiger partial charge in [-0.25, -0.2) is 0 Å². The van der Waals surface area contributed by atoms with Gasteiger partial charge in [-0.05, 0) is 13.0 Å². The fraction of sp³-hybridized carbons (Fsp3) is 0.909. The Morgan fingerprint density at radius 3 is 2.93 bits per heavy atom. The zero-order valence-electron chi connectivity index (χ0n) is 9.70. The van der Waals surface area contributed by atoms with Gasteiger partial charge in [0.1, 0.15) is 6.04 Å². The second kappa shape index (κ2) is 6.78. The number of methoxy groups -OCH3 is 1. The van der Waals surface area contributed by atoms with Crippen LogP contribution in [0.4, 0.5) is 0 Å². The van der Waals surface area contributed by atoms with Crippen LogP contribution < -0.4 is 5.32 Å². The van der Waals surface area contributed by atoms with Crippen molar-refractivity contribution in [2.24, 2.45) is 5.92 Å². The summed E-state index contributed by atoms with van der Waals surface area (Å²) in [7, 11) is 1.69. The van der Waals surface area contributed by atoms with E-state index in [9.17, 15) is 5.26 Å². The molecule has 0 aromatic heterocycles. The van der Waals surface area contributed by atoms with Crippen molar-refractivity contribution in [3.8, 4) is 6.07 Å². The number of nitrogens with one attached hydrogen (secondary N) is 1. The summed E-state index contributed by atoms with van der Waals surface area (Å²) in [6.45, 7) is 6.76. The van der Waals surface area contributed by atoms with Crippen molar-refractivity contribution in [2.45, 2.75) is 19.4 Å². The maximum Gasteiger partial charge on any atom is 0.103 e. The largest absolute Gasteiger partial charge is 0.384 e. The maximum absolute atomic E-state index is 9.20. The van der Waals surface area contributed by atoms with Crippen LogP contribution in [0.15, 0.2) is 0 Å². The Balaban J connectivity index is 2.52. The van der Waals surface area contributed by atoms with Crippen LogP contribution in [0.1, 0.15) is 13.3 Å². The van der Waals surface area contributed by atoms with E-state index in [2.05, 4.69) is 23.2 Å². The molecule has 1 heterocycles. The van der Waals surface area contributed by atoms with Crippen molar-refractivity contribution in [1.82, 2.24) is 10.2 Å². The molecule has 1 N–H and O–H groups in total. The lowest BCUT2D eigenvalue weighted by atomic mass is 10.0. The van der Waals surface area contributed by atoms with Crippen molar-refractivity contribution < 1.29 is 4.74 Å². The molecule has 0 radical (unpaired) electrons. The molecule has 1 aliphatic rings. The van der Waals surface area contributed by atoms with Gasteiger partial charge in [-0.2, -0.15) is 5.26 Å². The average molecular weight is 211 g/mol. The molecular formula is C11H21N3O. The van der Waals surface area contributed by atoms with Crippen molar-refractivity contribution >= 4 is 0 Å². The normalized spacial score (nSPS) is 22.7. The first-order valence-electron chi connectivity index (χ1n) is 5.63. The van der Waals surface area contributed by atoms with Crippen LogP contribution in [0, 0.1) is 17.2 Å². The molecule has 15 heavy (non-hydrogen) atoms. The SMILES string of the molecule is COCC(C)C(C#N)N1CCCNCC1. The summed E-state index contributed by atoms with van der Waals surface area (Å²) in [6.07, 6.45) is 1.12. The number of hydrogen-bond acceptors (Lipinski definition) is 4. The number of nitriles is 1. The van der Waals surface area contributed by atoms with E-state index in [1.165, 1.54) is 0 Å². The van der Waals surface area contributed by atoms with Gasteiger partial charge in [-0.15, -0.1) is 0 Å². The van der Waals surface area contributed by atoms with E-state index < -0.39 is 0 Å². The van der Waals surface area contributed by atoms with Crippen LogP contribution in [-0.2, 0) is 4.74 Å². The summed E-state index contributed by atoms with van der Waals surface area (Å²) >= 11 is 0. The molecule has 0 amide bonds. The highest BCUT2D eigenvalue weighted by atomic mass is 16.5. The quantitative estimate of drug-likeness (QED) is 0.734. The van der Waals surface area contributed by atoms with Crippen molar-refractivity contribution in [1.29, 1.82) is 5.26 Å². The highest BCUT2D eigenvalue weighted by Gasteiger charge is 2.24. The standard InChI is InChI=1S/C11H21N3O/c1-10(9-15-2)11(8-12)14-6-3-4-13-5-7-14/h10-11,13H,3-7,9H2,1-2H3. The second-order valence-electron chi connectivity index (χ2n) is 4.15. The number of ether oxygens (including phenoxy) is 1. The van der Waals surface area contributed by atoms with Crippen molar-refractivity contribution in [3.63, 3.8) is 0 Å².